The van der Waals surface area contributed by atoms with Gasteiger partial charge in [-0.05, 0) is 75.4 Å². The maximum absolute atomic E-state index is 10.2. The van der Waals surface area contributed by atoms with Crippen LogP contribution in [-0.2, 0) is 0 Å². The monoisotopic (exact) mass is 468 g/mol. The normalized spacial score (nSPS) is 15.6. The van der Waals surface area contributed by atoms with Gasteiger partial charge in [-0.3, -0.25) is 0 Å². The first-order chi connectivity index (χ1) is 16.3. The Morgan fingerprint density at radius 1 is 0.941 bits per heavy atom. The van der Waals surface area contributed by atoms with Crippen molar-refractivity contribution >= 4 is 0 Å². The Morgan fingerprint density at radius 3 is 2.26 bits per heavy atom. The van der Waals surface area contributed by atoms with Gasteiger partial charge in [0, 0.05) is 0 Å². The summed E-state index contributed by atoms with van der Waals surface area (Å²) < 4.78 is 0. The molecular formula is C33H56O. The van der Waals surface area contributed by atoms with E-state index in [4.69, 9.17) is 0 Å². The fraction of sp³-hybridized carbons (Fsp3) is 0.636. The Balaban J connectivity index is 5.12. The van der Waals surface area contributed by atoms with Crippen LogP contribution in [0.25, 0.3) is 0 Å². The molecule has 1 heteroatoms. The van der Waals surface area contributed by atoms with Gasteiger partial charge in [0.2, 0.25) is 0 Å². The van der Waals surface area contributed by atoms with Crippen LogP contribution in [0.2, 0.25) is 0 Å². The van der Waals surface area contributed by atoms with E-state index in [2.05, 4.69) is 91.5 Å². The summed E-state index contributed by atoms with van der Waals surface area (Å²) in [5.41, 5.74) is 5.14. The maximum atomic E-state index is 10.2. The third kappa shape index (κ3) is 16.9. The minimum atomic E-state index is -0.288. The lowest BCUT2D eigenvalue weighted by Gasteiger charge is -2.17. The summed E-state index contributed by atoms with van der Waals surface area (Å²) in [5, 5.41) is 10.2. The van der Waals surface area contributed by atoms with E-state index in [1.165, 1.54) is 55.2 Å². The smallest absolute Gasteiger partial charge is 0.0580 e. The zero-order valence-corrected chi connectivity index (χ0v) is 23.7. The number of aliphatic hydroxyl groups is 1. The molecule has 34 heavy (non-hydrogen) atoms. The van der Waals surface area contributed by atoms with Crippen LogP contribution in [0.5, 0.6) is 0 Å². The Kier molecular flexibility index (Phi) is 19.8. The lowest BCUT2D eigenvalue weighted by atomic mass is 9.89. The van der Waals surface area contributed by atoms with Crippen LogP contribution in [0.3, 0.4) is 0 Å². The lowest BCUT2D eigenvalue weighted by molar-refractivity contribution is 0.158. The van der Waals surface area contributed by atoms with E-state index in [-0.39, 0.29) is 6.10 Å². The zero-order valence-electron chi connectivity index (χ0n) is 23.7. The molecule has 0 rings (SSSR count). The summed E-state index contributed by atoms with van der Waals surface area (Å²) >= 11 is 0. The molecule has 0 aliphatic carbocycles. The molecule has 0 bridgehead atoms. The average Bonchev–Trinajstić information content (AvgIpc) is 2.79. The van der Waals surface area contributed by atoms with Crippen molar-refractivity contribution in [3.05, 3.63) is 71.4 Å². The van der Waals surface area contributed by atoms with E-state index in [9.17, 15) is 5.11 Å². The molecular weight excluding hydrogens is 412 g/mol. The van der Waals surface area contributed by atoms with Gasteiger partial charge in [0.15, 0.2) is 0 Å². The Labute approximate surface area is 213 Å². The summed E-state index contributed by atoms with van der Waals surface area (Å²) in [6, 6.07) is 0. The SMILES string of the molecule is C=C(\C=C/C=C(C)/C(=C/C)C/C=C(\C=C/CC)CC(CCC)CCCC)CC(O)CCC(C)C. The lowest BCUT2D eigenvalue weighted by Crippen LogP contribution is -2.08. The van der Waals surface area contributed by atoms with Gasteiger partial charge in [-0.1, -0.05) is 127 Å². The summed E-state index contributed by atoms with van der Waals surface area (Å²) in [4.78, 5) is 0. The quantitative estimate of drug-likeness (QED) is 0.187. The van der Waals surface area contributed by atoms with E-state index < -0.39 is 0 Å². The largest absolute Gasteiger partial charge is 0.393 e. The number of unbranched alkanes of at least 4 members (excludes halogenated alkanes) is 1. The van der Waals surface area contributed by atoms with Gasteiger partial charge in [-0.2, -0.15) is 0 Å². The van der Waals surface area contributed by atoms with E-state index in [0.717, 1.165) is 37.2 Å². The van der Waals surface area contributed by atoms with Gasteiger partial charge < -0.3 is 5.11 Å². The zero-order chi connectivity index (χ0) is 25.8. The van der Waals surface area contributed by atoms with Crippen molar-refractivity contribution in [1.29, 1.82) is 0 Å². The Morgan fingerprint density at radius 2 is 1.68 bits per heavy atom. The first kappa shape index (κ1) is 32.4. The van der Waals surface area contributed by atoms with Gasteiger partial charge >= 0.3 is 0 Å². The van der Waals surface area contributed by atoms with E-state index >= 15 is 0 Å². The summed E-state index contributed by atoms with van der Waals surface area (Å²) in [5.74, 6) is 1.43. The van der Waals surface area contributed by atoms with E-state index in [0.29, 0.717) is 12.3 Å². The summed E-state index contributed by atoms with van der Waals surface area (Å²) in [6.07, 6.45) is 27.7. The van der Waals surface area contributed by atoms with Crippen LogP contribution in [-0.4, -0.2) is 11.2 Å². The number of hydrogen-bond acceptors (Lipinski definition) is 1. The van der Waals surface area contributed by atoms with Gasteiger partial charge in [0.25, 0.3) is 0 Å². The first-order valence-electron chi connectivity index (χ1n) is 14.0. The van der Waals surface area contributed by atoms with Crippen LogP contribution in [0.15, 0.2) is 71.4 Å². The second kappa shape index (κ2) is 20.7. The molecule has 1 N–H and O–H groups in total. The third-order valence-corrected chi connectivity index (χ3v) is 6.45. The topological polar surface area (TPSA) is 20.2 Å². The summed E-state index contributed by atoms with van der Waals surface area (Å²) in [7, 11) is 0. The molecule has 0 heterocycles. The fourth-order valence-corrected chi connectivity index (χ4v) is 4.25. The third-order valence-electron chi connectivity index (χ3n) is 6.45. The van der Waals surface area contributed by atoms with Crippen LogP contribution < -0.4 is 0 Å². The van der Waals surface area contributed by atoms with Gasteiger partial charge in [-0.25, -0.2) is 0 Å². The molecule has 0 aromatic carbocycles. The van der Waals surface area contributed by atoms with Gasteiger partial charge in [0.05, 0.1) is 6.10 Å². The van der Waals surface area contributed by atoms with Gasteiger partial charge in [-0.15, -0.1) is 0 Å². The molecule has 1 nitrogen and oxygen atoms in total. The van der Waals surface area contributed by atoms with Crippen molar-refractivity contribution in [2.45, 2.75) is 125 Å². The molecule has 0 aromatic heterocycles. The molecule has 0 radical (unpaired) electrons. The highest BCUT2D eigenvalue weighted by atomic mass is 16.3. The molecule has 0 saturated carbocycles. The first-order valence-corrected chi connectivity index (χ1v) is 14.0. The Bertz CT molecular complexity index is 683. The van der Waals surface area contributed by atoms with Crippen molar-refractivity contribution in [3.63, 3.8) is 0 Å². The molecule has 0 fully saturated rings. The van der Waals surface area contributed by atoms with E-state index in [1.807, 2.05) is 6.08 Å². The highest BCUT2D eigenvalue weighted by Crippen LogP contribution is 2.25. The molecule has 0 spiro atoms. The van der Waals surface area contributed by atoms with Crippen LogP contribution in [0.1, 0.15) is 119 Å². The van der Waals surface area contributed by atoms with E-state index in [1.54, 1.807) is 0 Å². The molecule has 0 saturated heterocycles. The van der Waals surface area contributed by atoms with Crippen molar-refractivity contribution in [1.82, 2.24) is 0 Å². The second-order valence-electron chi connectivity index (χ2n) is 10.3. The van der Waals surface area contributed by atoms with Crippen molar-refractivity contribution in [2.24, 2.45) is 11.8 Å². The molecule has 0 aliphatic heterocycles. The predicted molar refractivity (Wildman–Crippen MR) is 155 cm³/mol. The number of allylic oxidation sites excluding steroid dienone is 10. The molecule has 2 unspecified atom stereocenters. The van der Waals surface area contributed by atoms with Crippen molar-refractivity contribution in [2.75, 3.05) is 0 Å². The minimum Gasteiger partial charge on any atom is -0.393 e. The average molecular weight is 469 g/mol. The highest BCUT2D eigenvalue weighted by molar-refractivity contribution is 5.36. The Hall–Kier alpha value is -1.60. The molecule has 194 valence electrons. The van der Waals surface area contributed by atoms with Crippen molar-refractivity contribution in [3.8, 4) is 0 Å². The minimum absolute atomic E-state index is 0.288. The van der Waals surface area contributed by atoms with Crippen LogP contribution in [0, 0.1) is 11.8 Å². The molecule has 2 atom stereocenters. The maximum Gasteiger partial charge on any atom is 0.0580 e. The second-order valence-corrected chi connectivity index (χ2v) is 10.3. The molecule has 0 aliphatic rings. The standard InChI is InChI=1S/C33H56O/c1-9-13-19-30(16-11-3)26-31(20-14-10-2)22-23-32(12-4)29(8)18-15-17-28(7)25-33(34)24-21-27(5)6/h12,14-15,17-18,20,22,27,30,33-34H,7,9-11,13,16,19,21,23-26H2,1-6,8H3/b17-15-,20-14-,29-18+,31-22+,32-12+. The van der Waals surface area contributed by atoms with Crippen molar-refractivity contribution < 1.29 is 5.11 Å². The number of aliphatic hydroxyl groups excluding tert-OH is 1. The summed E-state index contributed by atoms with van der Waals surface area (Å²) in [6.45, 7) is 19.7. The van der Waals surface area contributed by atoms with Crippen LogP contribution in [0.4, 0.5) is 0 Å². The fourth-order valence-electron chi connectivity index (χ4n) is 4.25. The van der Waals surface area contributed by atoms with Crippen LogP contribution >= 0.6 is 0 Å². The molecule has 0 aromatic rings. The molecule has 0 amide bonds. The highest BCUT2D eigenvalue weighted by Gasteiger charge is 2.10. The van der Waals surface area contributed by atoms with Gasteiger partial charge in [0.1, 0.15) is 0 Å². The predicted octanol–water partition coefficient (Wildman–Crippen LogP) is 10.5. The number of rotatable bonds is 19. The number of hydrogen-bond donors (Lipinski definition) is 1.